The molecule has 4 N–H and O–H groups in total. The van der Waals surface area contributed by atoms with Gasteiger partial charge in [-0.3, -0.25) is 4.98 Å². The Morgan fingerprint density at radius 1 is 1.08 bits per heavy atom. The quantitative estimate of drug-likeness (QED) is 0.377. The Kier molecular flexibility index (Phi) is 5.04. The van der Waals surface area contributed by atoms with Crippen LogP contribution in [0.15, 0.2) is 64.9 Å². The van der Waals surface area contributed by atoms with E-state index < -0.39 is 0 Å². The van der Waals surface area contributed by atoms with Crippen molar-refractivity contribution in [3.05, 3.63) is 71.8 Å². The van der Waals surface area contributed by atoms with Crippen molar-refractivity contribution in [1.29, 1.82) is 0 Å². The van der Waals surface area contributed by atoms with Crippen LogP contribution in [-0.2, 0) is 12.8 Å². The third kappa shape index (κ3) is 3.57. The lowest BCUT2D eigenvalue weighted by Crippen LogP contribution is -2.44. The number of hydrogen-bond acceptors (Lipinski definition) is 8. The zero-order chi connectivity index (χ0) is 24.3. The number of allylic oxidation sites excluding steroid dienone is 1. The Bertz CT molecular complexity index is 1490. The molecular weight excluding hydrogens is 468 g/mol. The minimum absolute atomic E-state index is 0.0546. The molecule has 9 heteroatoms. The standard InChI is InChI=1S/C27H28N8S/c1-16-7-8-17-19(31-16)5-2-6-21(17)36-22-15-30-24-25(32-22)34-26(33-24)35-12-9-27(10-13-35)14-20-18(23(27)28)4-3-11-29-20/h2-6,11,15,23,31H,1,7-10,12-14,28H2,(H,30,32,33,34)/t23-/m1/s1. The van der Waals surface area contributed by atoms with E-state index in [0.717, 1.165) is 73.2 Å². The van der Waals surface area contributed by atoms with Gasteiger partial charge >= 0.3 is 0 Å². The summed E-state index contributed by atoms with van der Waals surface area (Å²) in [4.78, 5) is 25.7. The second-order valence-electron chi connectivity index (χ2n) is 10.1. The van der Waals surface area contributed by atoms with Gasteiger partial charge in [0.05, 0.1) is 6.20 Å². The summed E-state index contributed by atoms with van der Waals surface area (Å²) in [6, 6.07) is 10.5. The molecule has 1 atom stereocenters. The number of H-pyrrole nitrogens is 1. The average Bonchev–Trinajstić information content (AvgIpc) is 3.43. The summed E-state index contributed by atoms with van der Waals surface area (Å²) in [5.41, 5.74) is 14.1. The van der Waals surface area contributed by atoms with Crippen molar-refractivity contribution in [2.24, 2.45) is 11.1 Å². The number of nitrogens with two attached hydrogens (primary N) is 1. The Morgan fingerprint density at radius 2 is 1.97 bits per heavy atom. The van der Waals surface area contributed by atoms with Crippen molar-refractivity contribution < 1.29 is 0 Å². The molecule has 1 aromatic carbocycles. The lowest BCUT2D eigenvalue weighted by atomic mass is 9.73. The first kappa shape index (κ1) is 21.8. The number of imidazole rings is 1. The van der Waals surface area contributed by atoms with Crippen LogP contribution in [-0.4, -0.2) is 38.0 Å². The van der Waals surface area contributed by atoms with Gasteiger partial charge in [-0.1, -0.05) is 30.5 Å². The molecule has 1 spiro atoms. The van der Waals surface area contributed by atoms with Crippen LogP contribution in [0.25, 0.3) is 11.3 Å². The molecule has 8 nitrogen and oxygen atoms in total. The fraction of sp³-hybridized carbons (Fsp3) is 0.333. The molecule has 182 valence electrons. The number of fused-ring (bicyclic) bond motifs is 3. The van der Waals surface area contributed by atoms with Gasteiger partial charge in [-0.2, -0.15) is 4.98 Å². The predicted octanol–water partition coefficient (Wildman–Crippen LogP) is 4.61. The molecule has 36 heavy (non-hydrogen) atoms. The molecule has 7 rings (SSSR count). The highest BCUT2D eigenvalue weighted by atomic mass is 32.2. The van der Waals surface area contributed by atoms with Crippen LogP contribution in [0, 0.1) is 5.41 Å². The number of hydrogen-bond donors (Lipinski definition) is 3. The van der Waals surface area contributed by atoms with Crippen LogP contribution in [0.5, 0.6) is 0 Å². The summed E-state index contributed by atoms with van der Waals surface area (Å²) in [6.07, 6.45) is 8.63. The number of pyridine rings is 1. The lowest BCUT2D eigenvalue weighted by molar-refractivity contribution is 0.186. The highest BCUT2D eigenvalue weighted by Gasteiger charge is 2.46. The minimum Gasteiger partial charge on any atom is -0.359 e. The maximum Gasteiger partial charge on any atom is 0.206 e. The fourth-order valence-electron chi connectivity index (χ4n) is 5.95. The van der Waals surface area contributed by atoms with Gasteiger partial charge in [0.2, 0.25) is 5.95 Å². The maximum atomic E-state index is 6.72. The normalized spacial score (nSPS) is 20.4. The van der Waals surface area contributed by atoms with E-state index in [2.05, 4.69) is 56.0 Å². The highest BCUT2D eigenvalue weighted by molar-refractivity contribution is 7.99. The number of piperidine rings is 1. The Labute approximate surface area is 213 Å². The van der Waals surface area contributed by atoms with Crippen LogP contribution in [0.3, 0.4) is 0 Å². The average molecular weight is 497 g/mol. The smallest absolute Gasteiger partial charge is 0.206 e. The predicted molar refractivity (Wildman–Crippen MR) is 142 cm³/mol. The summed E-state index contributed by atoms with van der Waals surface area (Å²) < 4.78 is 0. The van der Waals surface area contributed by atoms with Crippen LogP contribution < -0.4 is 16.0 Å². The van der Waals surface area contributed by atoms with E-state index >= 15 is 0 Å². The number of benzene rings is 1. The van der Waals surface area contributed by atoms with Gasteiger partial charge in [0.1, 0.15) is 5.03 Å². The molecule has 0 amide bonds. The van der Waals surface area contributed by atoms with Gasteiger partial charge < -0.3 is 20.9 Å². The molecule has 4 aromatic rings. The topological polar surface area (TPSA) is 109 Å². The molecule has 5 heterocycles. The zero-order valence-corrected chi connectivity index (χ0v) is 20.8. The van der Waals surface area contributed by atoms with Crippen molar-refractivity contribution in [2.75, 3.05) is 23.3 Å². The van der Waals surface area contributed by atoms with E-state index in [1.54, 1.807) is 11.8 Å². The second kappa shape index (κ2) is 8.31. The third-order valence-electron chi connectivity index (χ3n) is 8.01. The zero-order valence-electron chi connectivity index (χ0n) is 20.0. The van der Waals surface area contributed by atoms with Gasteiger partial charge in [0, 0.05) is 47.3 Å². The molecule has 2 aliphatic heterocycles. The third-order valence-corrected chi connectivity index (χ3v) is 9.02. The van der Waals surface area contributed by atoms with Gasteiger partial charge in [0.15, 0.2) is 11.3 Å². The molecule has 3 aromatic heterocycles. The van der Waals surface area contributed by atoms with E-state index in [0.29, 0.717) is 5.65 Å². The lowest BCUT2D eigenvalue weighted by Gasteiger charge is -2.41. The molecule has 0 saturated carbocycles. The summed E-state index contributed by atoms with van der Waals surface area (Å²) in [5.74, 6) is 0.837. The van der Waals surface area contributed by atoms with E-state index in [4.69, 9.17) is 15.7 Å². The molecule has 0 bridgehead atoms. The summed E-state index contributed by atoms with van der Waals surface area (Å²) in [6.45, 7) is 5.87. The number of aromatic amines is 1. The number of nitrogens with one attached hydrogen (secondary N) is 2. The van der Waals surface area contributed by atoms with Crippen LogP contribution >= 0.6 is 11.8 Å². The first-order valence-electron chi connectivity index (χ1n) is 12.5. The van der Waals surface area contributed by atoms with Crippen LogP contribution in [0.2, 0.25) is 0 Å². The van der Waals surface area contributed by atoms with Gasteiger partial charge in [0.25, 0.3) is 0 Å². The molecule has 1 aliphatic carbocycles. The molecule has 0 radical (unpaired) electrons. The van der Waals surface area contributed by atoms with Crippen LogP contribution in [0.4, 0.5) is 11.6 Å². The van der Waals surface area contributed by atoms with E-state index in [9.17, 15) is 0 Å². The largest absolute Gasteiger partial charge is 0.359 e. The van der Waals surface area contributed by atoms with Crippen molar-refractivity contribution in [2.45, 2.75) is 48.1 Å². The Morgan fingerprint density at radius 3 is 2.83 bits per heavy atom. The fourth-order valence-corrected chi connectivity index (χ4v) is 6.90. The van der Waals surface area contributed by atoms with E-state index in [-0.39, 0.29) is 11.5 Å². The SMILES string of the molecule is C=C1CCc2c(cccc2Sc2cnc3nc(N4CCC5(CC4)Cc4ncccc4[C@H]5N)[nH]c3n2)N1. The number of nitrogens with zero attached hydrogens (tertiary/aromatic N) is 5. The van der Waals surface area contributed by atoms with Crippen molar-refractivity contribution >= 4 is 34.7 Å². The molecular formula is C27H28N8S. The van der Waals surface area contributed by atoms with Crippen molar-refractivity contribution in [1.82, 2.24) is 24.9 Å². The molecule has 1 saturated heterocycles. The highest BCUT2D eigenvalue weighted by Crippen LogP contribution is 2.50. The summed E-state index contributed by atoms with van der Waals surface area (Å²) in [5, 5.41) is 4.26. The van der Waals surface area contributed by atoms with Crippen molar-refractivity contribution in [3.63, 3.8) is 0 Å². The molecule has 1 fully saturated rings. The van der Waals surface area contributed by atoms with E-state index in [1.165, 1.54) is 21.7 Å². The van der Waals surface area contributed by atoms with Crippen molar-refractivity contribution in [3.8, 4) is 0 Å². The number of rotatable bonds is 3. The Hall–Kier alpha value is -3.43. The molecule has 0 unspecified atom stereocenters. The minimum atomic E-state index is 0.0546. The number of anilines is 2. The second-order valence-corrected chi connectivity index (χ2v) is 11.2. The van der Waals surface area contributed by atoms with Gasteiger partial charge in [-0.25, -0.2) is 9.97 Å². The summed E-state index contributed by atoms with van der Waals surface area (Å²) >= 11 is 1.65. The van der Waals surface area contributed by atoms with Crippen LogP contribution in [0.1, 0.15) is 42.1 Å². The maximum absolute atomic E-state index is 6.72. The van der Waals surface area contributed by atoms with E-state index in [1.807, 2.05) is 18.5 Å². The van der Waals surface area contributed by atoms with Gasteiger partial charge in [-0.15, -0.1) is 0 Å². The summed E-state index contributed by atoms with van der Waals surface area (Å²) in [7, 11) is 0. The van der Waals surface area contributed by atoms with Gasteiger partial charge in [-0.05, 0) is 66.8 Å². The first-order valence-corrected chi connectivity index (χ1v) is 13.3. The Balaban J connectivity index is 1.09. The number of aromatic nitrogens is 5. The first-order chi connectivity index (χ1) is 17.6. The molecule has 3 aliphatic rings. The monoisotopic (exact) mass is 496 g/mol.